The van der Waals surface area contributed by atoms with Crippen LogP contribution in [0.3, 0.4) is 0 Å². The Hall–Kier alpha value is -2.32. The molecule has 1 unspecified atom stereocenters. The van der Waals surface area contributed by atoms with Crippen LogP contribution < -0.4 is 9.62 Å². The lowest BCUT2D eigenvalue weighted by Gasteiger charge is -2.43. The SMILES string of the molecule is CC1CN=C2N1c1c(Br)cc(S(=O)(=O)NC3(C)CC3)cc1C(=O)N2C(O)(O)c1cnn(C)c1. The first-order valence-electron chi connectivity index (χ1n) is 10.3. The highest BCUT2D eigenvalue weighted by molar-refractivity contribution is 9.10. The fraction of sp³-hybridized carbons (Fsp3) is 0.450. The van der Waals surface area contributed by atoms with Crippen LogP contribution in [0.25, 0.3) is 0 Å². The van der Waals surface area contributed by atoms with Crippen LogP contribution in [0.15, 0.2) is 38.9 Å². The van der Waals surface area contributed by atoms with Crippen LogP contribution in [0, 0.1) is 0 Å². The van der Waals surface area contributed by atoms with Gasteiger partial charge in [-0.25, -0.2) is 23.0 Å². The average Bonchev–Trinajstić information content (AvgIpc) is 3.08. The van der Waals surface area contributed by atoms with E-state index in [2.05, 4.69) is 30.7 Å². The van der Waals surface area contributed by atoms with Gasteiger partial charge in [0.2, 0.25) is 16.0 Å². The van der Waals surface area contributed by atoms with Crippen molar-refractivity contribution >= 4 is 43.5 Å². The molecule has 1 aromatic heterocycles. The lowest BCUT2D eigenvalue weighted by atomic mass is 10.0. The molecule has 13 heteroatoms. The number of nitrogens with zero attached hydrogens (tertiary/aromatic N) is 5. The van der Waals surface area contributed by atoms with E-state index in [0.29, 0.717) is 16.7 Å². The van der Waals surface area contributed by atoms with E-state index in [4.69, 9.17) is 0 Å². The Morgan fingerprint density at radius 1 is 1.30 bits per heavy atom. The molecule has 1 amide bonds. The monoisotopic (exact) mass is 538 g/mol. The van der Waals surface area contributed by atoms with Gasteiger partial charge in [-0.2, -0.15) is 5.10 Å². The first-order valence-corrected chi connectivity index (χ1v) is 12.6. The maximum Gasteiger partial charge on any atom is 0.287 e. The van der Waals surface area contributed by atoms with Gasteiger partial charge in [0.05, 0.1) is 40.5 Å². The number of nitrogens with one attached hydrogen (secondary N) is 1. The smallest absolute Gasteiger partial charge is 0.287 e. The molecule has 5 rings (SSSR count). The molecule has 11 nitrogen and oxygen atoms in total. The van der Waals surface area contributed by atoms with Crippen LogP contribution in [0.5, 0.6) is 0 Å². The molecule has 3 N–H and O–H groups in total. The summed E-state index contributed by atoms with van der Waals surface area (Å²) in [6.07, 6.45) is 4.09. The van der Waals surface area contributed by atoms with Gasteiger partial charge in [-0.3, -0.25) is 9.48 Å². The molecule has 33 heavy (non-hydrogen) atoms. The zero-order chi connectivity index (χ0) is 23.9. The molecule has 1 aliphatic carbocycles. The summed E-state index contributed by atoms with van der Waals surface area (Å²) >= 11 is 3.43. The molecule has 0 bridgehead atoms. The van der Waals surface area contributed by atoms with E-state index in [1.807, 2.05) is 13.8 Å². The predicted molar refractivity (Wildman–Crippen MR) is 122 cm³/mol. The molecule has 1 saturated carbocycles. The molecular formula is C20H23BrN6O5S. The lowest BCUT2D eigenvalue weighted by molar-refractivity contribution is -0.234. The number of aliphatic imine (C=N–C) groups is 1. The summed E-state index contributed by atoms with van der Waals surface area (Å²) in [5.41, 5.74) is -0.0878. The number of hydrogen-bond donors (Lipinski definition) is 3. The van der Waals surface area contributed by atoms with Gasteiger partial charge in [0, 0.05) is 23.3 Å². The second-order valence-electron chi connectivity index (χ2n) is 9.01. The molecule has 176 valence electrons. The Bertz CT molecular complexity index is 1320. The third kappa shape index (κ3) is 3.49. The van der Waals surface area contributed by atoms with Crippen LogP contribution in [-0.4, -0.2) is 63.3 Å². The second kappa shape index (κ2) is 7.09. The van der Waals surface area contributed by atoms with E-state index in [9.17, 15) is 23.4 Å². The Labute approximate surface area is 198 Å². The summed E-state index contributed by atoms with van der Waals surface area (Å²) in [6, 6.07) is 2.51. The number of hydrogen-bond acceptors (Lipinski definition) is 8. The van der Waals surface area contributed by atoms with Crippen LogP contribution in [0.2, 0.25) is 0 Å². The second-order valence-corrected chi connectivity index (χ2v) is 11.5. The molecule has 1 atom stereocenters. The molecule has 2 aromatic rings. The lowest BCUT2D eigenvalue weighted by Crippen LogP contribution is -2.60. The summed E-state index contributed by atoms with van der Waals surface area (Å²) in [7, 11) is -2.30. The van der Waals surface area contributed by atoms with E-state index < -0.39 is 27.4 Å². The number of carbonyl (C=O) groups is 1. The number of rotatable bonds is 5. The highest BCUT2D eigenvalue weighted by Crippen LogP contribution is 2.43. The number of amides is 1. The van der Waals surface area contributed by atoms with Crippen LogP contribution in [0.4, 0.5) is 5.69 Å². The van der Waals surface area contributed by atoms with E-state index in [1.165, 1.54) is 29.2 Å². The zero-order valence-corrected chi connectivity index (χ0v) is 20.6. The van der Waals surface area contributed by atoms with E-state index in [0.717, 1.165) is 17.7 Å². The number of halogens is 1. The van der Waals surface area contributed by atoms with Crippen molar-refractivity contribution < 1.29 is 23.4 Å². The molecule has 0 saturated heterocycles. The number of benzene rings is 1. The van der Waals surface area contributed by atoms with Crippen molar-refractivity contribution in [3.05, 3.63) is 40.1 Å². The summed E-state index contributed by atoms with van der Waals surface area (Å²) < 4.78 is 30.5. The number of anilines is 1. The zero-order valence-electron chi connectivity index (χ0n) is 18.1. The van der Waals surface area contributed by atoms with Crippen molar-refractivity contribution in [1.29, 1.82) is 0 Å². The predicted octanol–water partition coefficient (Wildman–Crippen LogP) is 0.829. The summed E-state index contributed by atoms with van der Waals surface area (Å²) in [4.78, 5) is 20.4. The minimum atomic E-state index is -3.91. The van der Waals surface area contributed by atoms with Gasteiger partial charge < -0.3 is 15.1 Å². The van der Waals surface area contributed by atoms with Crippen molar-refractivity contribution in [2.75, 3.05) is 11.4 Å². The molecule has 1 fully saturated rings. The van der Waals surface area contributed by atoms with E-state index in [-0.39, 0.29) is 28.0 Å². The molecule has 0 radical (unpaired) electrons. The normalized spacial score (nSPS) is 21.7. The minimum absolute atomic E-state index is 0.00904. The van der Waals surface area contributed by atoms with Gasteiger partial charge in [-0.05, 0) is 54.8 Å². The standard InChI is InChI=1S/C20H23BrN6O5S/c1-11-8-22-18-26(11)16-14(17(28)27(18)20(29,30)12-9-23-25(3)10-12)6-13(7-15(16)21)33(31,32)24-19(2)4-5-19/h6-7,9-11,24,29-30H,4-5,8H2,1-3H3. The molecule has 3 heterocycles. The first kappa shape index (κ1) is 22.5. The number of sulfonamides is 1. The molecule has 2 aliphatic heterocycles. The quantitative estimate of drug-likeness (QED) is 0.478. The Morgan fingerprint density at radius 3 is 2.61 bits per heavy atom. The van der Waals surface area contributed by atoms with Gasteiger partial charge >= 0.3 is 0 Å². The highest BCUT2D eigenvalue weighted by atomic mass is 79.9. The van der Waals surface area contributed by atoms with Gasteiger partial charge in [0.15, 0.2) is 0 Å². The van der Waals surface area contributed by atoms with Gasteiger partial charge in [0.25, 0.3) is 11.8 Å². The molecule has 0 spiro atoms. The van der Waals surface area contributed by atoms with Crippen molar-refractivity contribution in [2.24, 2.45) is 12.0 Å². The fourth-order valence-electron chi connectivity index (χ4n) is 4.09. The number of aromatic nitrogens is 2. The van der Waals surface area contributed by atoms with Gasteiger partial charge in [-0.1, -0.05) is 0 Å². The van der Waals surface area contributed by atoms with Crippen molar-refractivity contribution in [1.82, 2.24) is 19.4 Å². The Morgan fingerprint density at radius 2 is 2.00 bits per heavy atom. The largest absolute Gasteiger partial charge is 0.344 e. The van der Waals surface area contributed by atoms with Gasteiger partial charge in [-0.15, -0.1) is 0 Å². The van der Waals surface area contributed by atoms with Crippen LogP contribution >= 0.6 is 15.9 Å². The number of carbonyl (C=O) groups excluding carboxylic acids is 1. The molecular weight excluding hydrogens is 516 g/mol. The van der Waals surface area contributed by atoms with Crippen LogP contribution in [-0.2, 0) is 23.0 Å². The summed E-state index contributed by atoms with van der Waals surface area (Å²) in [5, 5.41) is 26.1. The minimum Gasteiger partial charge on any atom is -0.344 e. The van der Waals surface area contributed by atoms with Crippen LogP contribution in [0.1, 0.15) is 42.6 Å². The maximum atomic E-state index is 13.7. The third-order valence-electron chi connectivity index (χ3n) is 6.16. The average molecular weight is 539 g/mol. The number of guanidine groups is 1. The fourth-order valence-corrected chi connectivity index (χ4v) is 6.41. The summed E-state index contributed by atoms with van der Waals surface area (Å²) in [5.74, 6) is -3.49. The van der Waals surface area contributed by atoms with Crippen molar-refractivity contribution in [3.63, 3.8) is 0 Å². The Balaban J connectivity index is 1.66. The van der Waals surface area contributed by atoms with Gasteiger partial charge in [0.1, 0.15) is 0 Å². The van der Waals surface area contributed by atoms with E-state index >= 15 is 0 Å². The van der Waals surface area contributed by atoms with E-state index in [1.54, 1.807) is 11.9 Å². The summed E-state index contributed by atoms with van der Waals surface area (Å²) in [6.45, 7) is 4.01. The maximum absolute atomic E-state index is 13.7. The van der Waals surface area contributed by atoms with Crippen molar-refractivity contribution in [2.45, 2.75) is 49.1 Å². The first-order chi connectivity index (χ1) is 15.3. The Kier molecular flexibility index (Phi) is 4.83. The highest BCUT2D eigenvalue weighted by Gasteiger charge is 2.51. The van der Waals surface area contributed by atoms with Crippen molar-refractivity contribution in [3.8, 4) is 0 Å². The molecule has 1 aromatic carbocycles. The topological polar surface area (TPSA) is 140 Å². The number of aryl methyl sites for hydroxylation is 1. The number of aliphatic hydroxyl groups is 2. The third-order valence-corrected chi connectivity index (χ3v) is 8.38. The number of fused-ring (bicyclic) bond motifs is 3. The molecule has 3 aliphatic rings.